The fraction of sp³-hybridized carbons (Fsp3) is 0.133. The number of hydrogen-bond acceptors (Lipinski definition) is 5. The molecule has 0 spiro atoms. The number of hydrogen-bond donors (Lipinski definition) is 2. The average Bonchev–Trinajstić information content (AvgIpc) is 3.00. The summed E-state index contributed by atoms with van der Waals surface area (Å²) < 4.78 is 39.5. The van der Waals surface area contributed by atoms with Gasteiger partial charge in [-0.15, -0.1) is 0 Å². The van der Waals surface area contributed by atoms with Gasteiger partial charge in [0.2, 0.25) is 0 Å². The predicted molar refractivity (Wildman–Crippen MR) is 82.5 cm³/mol. The third kappa shape index (κ3) is 3.06. The summed E-state index contributed by atoms with van der Waals surface area (Å²) in [5, 5.41) is 4.06. The van der Waals surface area contributed by atoms with E-state index in [1.54, 1.807) is 24.1 Å². The number of benzene rings is 1. The van der Waals surface area contributed by atoms with E-state index in [0.29, 0.717) is 28.3 Å². The van der Waals surface area contributed by atoms with Gasteiger partial charge in [0.05, 0.1) is 23.7 Å². The lowest BCUT2D eigenvalue weighted by molar-refractivity contribution is -0.137. The molecular weight excluding hydrogens is 321 g/mol. The normalized spacial score (nSPS) is 11.5. The molecule has 124 valence electrons. The van der Waals surface area contributed by atoms with Crippen molar-refractivity contribution in [2.75, 3.05) is 5.43 Å². The molecule has 0 radical (unpaired) electrons. The molecule has 2 heterocycles. The van der Waals surface area contributed by atoms with Crippen molar-refractivity contribution in [2.45, 2.75) is 6.18 Å². The number of anilines is 1. The Balaban J connectivity index is 2.03. The zero-order valence-corrected chi connectivity index (χ0v) is 12.5. The first-order valence-electron chi connectivity index (χ1n) is 6.89. The van der Waals surface area contributed by atoms with Gasteiger partial charge in [-0.3, -0.25) is 4.68 Å². The SMILES string of the molecule is Cn1cc(-c2nc(-c3ccc(C(F)(F)F)cc3)cnc2NN)cn1. The molecule has 0 saturated carbocycles. The van der Waals surface area contributed by atoms with E-state index in [9.17, 15) is 13.2 Å². The van der Waals surface area contributed by atoms with Crippen molar-refractivity contribution in [3.8, 4) is 22.5 Å². The molecule has 3 aromatic rings. The molecule has 24 heavy (non-hydrogen) atoms. The molecule has 0 aliphatic heterocycles. The minimum Gasteiger partial charge on any atom is -0.307 e. The maximum Gasteiger partial charge on any atom is 0.416 e. The van der Waals surface area contributed by atoms with Gasteiger partial charge in [0.15, 0.2) is 5.82 Å². The van der Waals surface area contributed by atoms with Crippen molar-refractivity contribution in [1.29, 1.82) is 0 Å². The van der Waals surface area contributed by atoms with E-state index in [1.807, 2.05) is 0 Å². The van der Waals surface area contributed by atoms with Gasteiger partial charge < -0.3 is 5.43 Å². The van der Waals surface area contributed by atoms with Crippen LogP contribution in [0.4, 0.5) is 19.0 Å². The third-order valence-corrected chi connectivity index (χ3v) is 3.40. The lowest BCUT2D eigenvalue weighted by Gasteiger charge is -2.10. The molecule has 0 fully saturated rings. The van der Waals surface area contributed by atoms with Gasteiger partial charge in [-0.25, -0.2) is 15.8 Å². The van der Waals surface area contributed by atoms with Gasteiger partial charge in [-0.1, -0.05) is 12.1 Å². The van der Waals surface area contributed by atoms with Crippen molar-refractivity contribution < 1.29 is 13.2 Å². The molecule has 0 saturated heterocycles. The van der Waals surface area contributed by atoms with Crippen LogP contribution in [0, 0.1) is 0 Å². The summed E-state index contributed by atoms with van der Waals surface area (Å²) in [5.74, 6) is 5.79. The van der Waals surface area contributed by atoms with Gasteiger partial charge in [-0.05, 0) is 12.1 Å². The lowest BCUT2D eigenvalue weighted by atomic mass is 10.1. The van der Waals surface area contributed by atoms with Gasteiger partial charge in [-0.2, -0.15) is 18.3 Å². The summed E-state index contributed by atoms with van der Waals surface area (Å²) in [7, 11) is 1.76. The Hall–Kier alpha value is -2.94. The molecule has 0 bridgehead atoms. The van der Waals surface area contributed by atoms with Crippen LogP contribution in [0.2, 0.25) is 0 Å². The first-order valence-corrected chi connectivity index (χ1v) is 6.89. The van der Waals surface area contributed by atoms with Gasteiger partial charge in [0.25, 0.3) is 0 Å². The van der Waals surface area contributed by atoms with E-state index in [2.05, 4.69) is 20.5 Å². The van der Waals surface area contributed by atoms with E-state index >= 15 is 0 Å². The monoisotopic (exact) mass is 334 g/mol. The standard InChI is InChI=1S/C15H13F3N6/c1-24-8-10(6-21-24)13-14(23-19)20-7-12(22-13)9-2-4-11(5-3-9)15(16,17)18/h2-8H,19H2,1H3,(H,20,23). The minimum absolute atomic E-state index is 0.346. The van der Waals surface area contributed by atoms with Crippen LogP contribution >= 0.6 is 0 Å². The summed E-state index contributed by atoms with van der Waals surface area (Å²) in [5.41, 5.74) is 3.83. The highest BCUT2D eigenvalue weighted by molar-refractivity contribution is 5.73. The Bertz CT molecular complexity index is 854. The summed E-state index contributed by atoms with van der Waals surface area (Å²) in [6, 6.07) is 4.73. The molecule has 0 aliphatic carbocycles. The van der Waals surface area contributed by atoms with E-state index < -0.39 is 11.7 Å². The zero-order chi connectivity index (χ0) is 17.3. The molecule has 0 aliphatic rings. The number of rotatable bonds is 3. The van der Waals surface area contributed by atoms with Crippen LogP contribution in [0.15, 0.2) is 42.9 Å². The number of aromatic nitrogens is 4. The second kappa shape index (κ2) is 5.93. The van der Waals surface area contributed by atoms with Crippen LogP contribution in [0.3, 0.4) is 0 Å². The minimum atomic E-state index is -4.38. The van der Waals surface area contributed by atoms with Gasteiger partial charge in [0, 0.05) is 24.4 Å². The van der Waals surface area contributed by atoms with Crippen LogP contribution in [-0.2, 0) is 13.2 Å². The largest absolute Gasteiger partial charge is 0.416 e. The van der Waals surface area contributed by atoms with E-state index in [1.165, 1.54) is 18.3 Å². The van der Waals surface area contributed by atoms with Crippen molar-refractivity contribution in [2.24, 2.45) is 12.9 Å². The maximum atomic E-state index is 12.6. The van der Waals surface area contributed by atoms with Crippen molar-refractivity contribution in [1.82, 2.24) is 19.7 Å². The molecule has 3 N–H and O–H groups in total. The second-order valence-corrected chi connectivity index (χ2v) is 5.07. The smallest absolute Gasteiger partial charge is 0.307 e. The molecule has 2 aromatic heterocycles. The highest BCUT2D eigenvalue weighted by Crippen LogP contribution is 2.31. The summed E-state index contributed by atoms with van der Waals surface area (Å²) in [4.78, 5) is 8.62. The molecule has 0 atom stereocenters. The van der Waals surface area contributed by atoms with Gasteiger partial charge >= 0.3 is 6.18 Å². The summed E-state index contributed by atoms with van der Waals surface area (Å²) >= 11 is 0. The Kier molecular flexibility index (Phi) is 3.94. The average molecular weight is 334 g/mol. The fourth-order valence-electron chi connectivity index (χ4n) is 2.21. The third-order valence-electron chi connectivity index (χ3n) is 3.40. The molecule has 3 rings (SSSR count). The van der Waals surface area contributed by atoms with Crippen LogP contribution < -0.4 is 11.3 Å². The highest BCUT2D eigenvalue weighted by atomic mass is 19.4. The number of nitrogens with zero attached hydrogens (tertiary/aromatic N) is 4. The predicted octanol–water partition coefficient (Wildman–Crippen LogP) is 2.85. The van der Waals surface area contributed by atoms with Gasteiger partial charge in [0.1, 0.15) is 5.69 Å². The molecule has 9 heteroatoms. The first kappa shape index (κ1) is 15.9. The van der Waals surface area contributed by atoms with E-state index in [0.717, 1.165) is 12.1 Å². The highest BCUT2D eigenvalue weighted by Gasteiger charge is 2.30. The quantitative estimate of drug-likeness (QED) is 0.568. The molecular formula is C15H13F3N6. The molecule has 1 aromatic carbocycles. The Morgan fingerprint density at radius 3 is 2.33 bits per heavy atom. The van der Waals surface area contributed by atoms with Crippen molar-refractivity contribution in [3.63, 3.8) is 0 Å². The Morgan fingerprint density at radius 2 is 1.79 bits per heavy atom. The van der Waals surface area contributed by atoms with Crippen LogP contribution in [0.25, 0.3) is 22.5 Å². The van der Waals surface area contributed by atoms with E-state index in [-0.39, 0.29) is 0 Å². The summed E-state index contributed by atoms with van der Waals surface area (Å²) in [6.07, 6.45) is 0.402. The second-order valence-electron chi connectivity index (χ2n) is 5.07. The summed E-state index contributed by atoms with van der Waals surface area (Å²) in [6.45, 7) is 0. The number of nitrogen functional groups attached to an aromatic ring is 1. The first-order chi connectivity index (χ1) is 11.4. The number of alkyl halides is 3. The molecule has 0 amide bonds. The molecule has 0 unspecified atom stereocenters. The number of hydrazine groups is 1. The number of halogens is 3. The molecule has 6 nitrogen and oxygen atoms in total. The van der Waals surface area contributed by atoms with E-state index in [4.69, 9.17) is 5.84 Å². The Labute approximate surface area is 135 Å². The van der Waals surface area contributed by atoms with Crippen molar-refractivity contribution >= 4 is 5.82 Å². The van der Waals surface area contributed by atoms with Crippen LogP contribution in [0.1, 0.15) is 5.56 Å². The van der Waals surface area contributed by atoms with Crippen molar-refractivity contribution in [3.05, 3.63) is 48.4 Å². The van der Waals surface area contributed by atoms with Crippen LogP contribution in [0.5, 0.6) is 0 Å². The fourth-order valence-corrected chi connectivity index (χ4v) is 2.21. The maximum absolute atomic E-state index is 12.6. The number of aryl methyl sites for hydroxylation is 1. The lowest BCUT2D eigenvalue weighted by Crippen LogP contribution is -2.11. The number of nitrogens with two attached hydrogens (primary N) is 1. The topological polar surface area (TPSA) is 81.7 Å². The number of nitrogens with one attached hydrogen (secondary N) is 1. The zero-order valence-electron chi connectivity index (χ0n) is 12.5. The Morgan fingerprint density at radius 1 is 1.08 bits per heavy atom. The van der Waals surface area contributed by atoms with Crippen LogP contribution in [-0.4, -0.2) is 19.7 Å².